The number of rotatable bonds is 2. The molecule has 0 bridgehead atoms. The van der Waals surface area contributed by atoms with Crippen LogP contribution in [-0.2, 0) is 0 Å². The van der Waals surface area contributed by atoms with E-state index in [1.54, 1.807) is 0 Å². The summed E-state index contributed by atoms with van der Waals surface area (Å²) in [5, 5.41) is 0. The van der Waals surface area contributed by atoms with Gasteiger partial charge in [-0.25, -0.2) is 4.39 Å². The standard InChI is InChI=1S/C8H15F/c1-3-7-5-8(9,4-2)6-7/h7H,3-6H2,1-2H3. The van der Waals surface area contributed by atoms with Crippen LogP contribution in [0.1, 0.15) is 39.5 Å². The number of hydrogen-bond donors (Lipinski definition) is 0. The van der Waals surface area contributed by atoms with Crippen molar-refractivity contribution in [2.24, 2.45) is 5.92 Å². The predicted molar refractivity (Wildman–Crippen MR) is 37.1 cm³/mol. The van der Waals surface area contributed by atoms with E-state index in [9.17, 15) is 4.39 Å². The second-order valence-electron chi connectivity index (χ2n) is 3.19. The van der Waals surface area contributed by atoms with E-state index in [0.717, 1.165) is 19.3 Å². The van der Waals surface area contributed by atoms with Crippen molar-refractivity contribution in [3.05, 3.63) is 0 Å². The minimum atomic E-state index is -0.763. The lowest BCUT2D eigenvalue weighted by Gasteiger charge is -2.40. The number of halogens is 1. The Labute approximate surface area is 56.5 Å². The highest BCUT2D eigenvalue weighted by Gasteiger charge is 2.41. The molecule has 0 aromatic carbocycles. The van der Waals surface area contributed by atoms with E-state index in [1.807, 2.05) is 6.92 Å². The Hall–Kier alpha value is -0.0700. The zero-order valence-corrected chi connectivity index (χ0v) is 6.28. The van der Waals surface area contributed by atoms with Crippen molar-refractivity contribution in [1.82, 2.24) is 0 Å². The average molecular weight is 130 g/mol. The summed E-state index contributed by atoms with van der Waals surface area (Å²) >= 11 is 0. The van der Waals surface area contributed by atoms with Gasteiger partial charge in [0, 0.05) is 0 Å². The Bertz CT molecular complexity index is 92.7. The van der Waals surface area contributed by atoms with Gasteiger partial charge in [-0.3, -0.25) is 0 Å². The van der Waals surface area contributed by atoms with Gasteiger partial charge >= 0.3 is 0 Å². The van der Waals surface area contributed by atoms with Crippen LogP contribution in [0.2, 0.25) is 0 Å². The van der Waals surface area contributed by atoms with Crippen LogP contribution in [0, 0.1) is 5.92 Å². The van der Waals surface area contributed by atoms with E-state index < -0.39 is 5.67 Å². The maximum absolute atomic E-state index is 13.1. The van der Waals surface area contributed by atoms with Gasteiger partial charge in [0.05, 0.1) is 0 Å². The molecule has 0 nitrogen and oxygen atoms in total. The maximum atomic E-state index is 13.1. The maximum Gasteiger partial charge on any atom is 0.111 e. The fourth-order valence-electron chi connectivity index (χ4n) is 1.55. The Balaban J connectivity index is 2.24. The summed E-state index contributed by atoms with van der Waals surface area (Å²) in [7, 11) is 0. The van der Waals surface area contributed by atoms with E-state index in [1.165, 1.54) is 0 Å². The van der Waals surface area contributed by atoms with Crippen LogP contribution in [-0.4, -0.2) is 5.67 Å². The van der Waals surface area contributed by atoms with Crippen molar-refractivity contribution in [2.75, 3.05) is 0 Å². The van der Waals surface area contributed by atoms with Crippen LogP contribution >= 0.6 is 0 Å². The van der Waals surface area contributed by atoms with Gasteiger partial charge in [0.25, 0.3) is 0 Å². The molecule has 0 saturated heterocycles. The molecule has 0 radical (unpaired) electrons. The summed E-state index contributed by atoms with van der Waals surface area (Å²) in [6.45, 7) is 4.08. The Morgan fingerprint density at radius 2 is 2.00 bits per heavy atom. The normalized spacial score (nSPS) is 42.3. The minimum Gasteiger partial charge on any atom is -0.244 e. The first-order valence-electron chi connectivity index (χ1n) is 3.89. The quantitative estimate of drug-likeness (QED) is 0.539. The smallest absolute Gasteiger partial charge is 0.111 e. The van der Waals surface area contributed by atoms with Gasteiger partial charge < -0.3 is 0 Å². The highest BCUT2D eigenvalue weighted by Crippen LogP contribution is 2.44. The highest BCUT2D eigenvalue weighted by molar-refractivity contribution is 4.92. The third kappa shape index (κ3) is 1.25. The van der Waals surface area contributed by atoms with E-state index in [2.05, 4.69) is 6.92 Å². The van der Waals surface area contributed by atoms with Gasteiger partial charge in [0.15, 0.2) is 0 Å². The van der Waals surface area contributed by atoms with E-state index >= 15 is 0 Å². The summed E-state index contributed by atoms with van der Waals surface area (Å²) in [4.78, 5) is 0. The molecule has 54 valence electrons. The van der Waals surface area contributed by atoms with E-state index in [0.29, 0.717) is 12.3 Å². The molecule has 1 heteroatoms. The lowest BCUT2D eigenvalue weighted by atomic mass is 9.70. The number of hydrogen-bond acceptors (Lipinski definition) is 0. The molecule has 1 fully saturated rings. The van der Waals surface area contributed by atoms with E-state index in [-0.39, 0.29) is 0 Å². The molecule has 0 heterocycles. The average Bonchev–Trinajstić information content (AvgIpc) is 1.81. The second-order valence-corrected chi connectivity index (χ2v) is 3.19. The van der Waals surface area contributed by atoms with Crippen molar-refractivity contribution < 1.29 is 4.39 Å². The van der Waals surface area contributed by atoms with Crippen molar-refractivity contribution in [3.63, 3.8) is 0 Å². The van der Waals surface area contributed by atoms with Gasteiger partial charge in [0.2, 0.25) is 0 Å². The third-order valence-electron chi connectivity index (χ3n) is 2.52. The van der Waals surface area contributed by atoms with Crippen LogP contribution in [0.15, 0.2) is 0 Å². The van der Waals surface area contributed by atoms with Crippen molar-refractivity contribution in [2.45, 2.75) is 45.2 Å². The van der Waals surface area contributed by atoms with Gasteiger partial charge in [-0.1, -0.05) is 20.3 Å². The summed E-state index contributed by atoms with van der Waals surface area (Å²) < 4.78 is 13.1. The molecule has 0 atom stereocenters. The molecule has 0 aromatic heterocycles. The van der Waals surface area contributed by atoms with Crippen LogP contribution in [0.25, 0.3) is 0 Å². The van der Waals surface area contributed by atoms with Crippen LogP contribution in [0.5, 0.6) is 0 Å². The Morgan fingerprint density at radius 1 is 1.44 bits per heavy atom. The zero-order valence-electron chi connectivity index (χ0n) is 6.28. The topological polar surface area (TPSA) is 0 Å². The molecular weight excluding hydrogens is 115 g/mol. The summed E-state index contributed by atoms with van der Waals surface area (Å²) in [5.41, 5.74) is -0.763. The molecule has 0 spiro atoms. The van der Waals surface area contributed by atoms with Crippen molar-refractivity contribution >= 4 is 0 Å². The molecule has 0 aliphatic heterocycles. The Kier molecular flexibility index (Phi) is 1.78. The molecule has 1 saturated carbocycles. The fraction of sp³-hybridized carbons (Fsp3) is 1.00. The molecule has 1 aliphatic carbocycles. The zero-order chi connectivity index (χ0) is 6.91. The molecule has 1 rings (SSSR count). The first-order chi connectivity index (χ1) is 4.20. The molecule has 0 N–H and O–H groups in total. The molecule has 0 amide bonds. The lowest BCUT2D eigenvalue weighted by molar-refractivity contribution is 0.00236. The van der Waals surface area contributed by atoms with Gasteiger partial charge in [-0.05, 0) is 25.2 Å². The van der Waals surface area contributed by atoms with Gasteiger partial charge in [-0.2, -0.15) is 0 Å². The largest absolute Gasteiger partial charge is 0.244 e. The summed E-state index contributed by atoms with van der Waals surface area (Å²) in [6.07, 6.45) is 3.51. The lowest BCUT2D eigenvalue weighted by Crippen LogP contribution is -2.38. The first-order valence-corrected chi connectivity index (χ1v) is 3.89. The Morgan fingerprint density at radius 3 is 2.33 bits per heavy atom. The summed E-state index contributed by atoms with van der Waals surface area (Å²) in [5.74, 6) is 0.690. The van der Waals surface area contributed by atoms with Crippen LogP contribution < -0.4 is 0 Å². The first kappa shape index (κ1) is 7.04. The molecule has 9 heavy (non-hydrogen) atoms. The van der Waals surface area contributed by atoms with Crippen LogP contribution in [0.3, 0.4) is 0 Å². The minimum absolute atomic E-state index is 0.690. The van der Waals surface area contributed by atoms with Crippen LogP contribution in [0.4, 0.5) is 4.39 Å². The molecule has 0 unspecified atom stereocenters. The van der Waals surface area contributed by atoms with Crippen molar-refractivity contribution in [1.29, 1.82) is 0 Å². The van der Waals surface area contributed by atoms with Gasteiger partial charge in [-0.15, -0.1) is 0 Å². The monoisotopic (exact) mass is 130 g/mol. The molecular formula is C8H15F. The molecule has 0 aromatic rings. The summed E-state index contributed by atoms with van der Waals surface area (Å²) in [6, 6.07) is 0. The predicted octanol–water partition coefficient (Wildman–Crippen LogP) is 2.92. The van der Waals surface area contributed by atoms with Crippen molar-refractivity contribution in [3.8, 4) is 0 Å². The molecule has 1 aliphatic rings. The SMILES string of the molecule is CCC1CC(F)(CC)C1. The number of alkyl halides is 1. The van der Waals surface area contributed by atoms with E-state index in [4.69, 9.17) is 0 Å². The van der Waals surface area contributed by atoms with Gasteiger partial charge in [0.1, 0.15) is 5.67 Å². The second kappa shape index (κ2) is 2.28. The third-order valence-corrected chi connectivity index (χ3v) is 2.52. The fourth-order valence-corrected chi connectivity index (χ4v) is 1.55. The highest BCUT2D eigenvalue weighted by atomic mass is 19.1.